The molecule has 2 aliphatic heterocycles. The van der Waals surface area contributed by atoms with Crippen LogP contribution in [0, 0.1) is 0 Å². The second-order valence-corrected chi connectivity index (χ2v) is 15.9. The van der Waals surface area contributed by atoms with Crippen molar-refractivity contribution in [1.29, 1.82) is 0 Å². The average molecular weight is 673 g/mol. The Morgan fingerprint density at radius 1 is 0.412 bits per heavy atom. The summed E-state index contributed by atoms with van der Waals surface area (Å²) in [6.07, 6.45) is 0. The fourth-order valence-electron chi connectivity index (χ4n) is 7.05. The van der Waals surface area contributed by atoms with E-state index in [1.165, 1.54) is 32.7 Å². The lowest BCUT2D eigenvalue weighted by atomic mass is 9.79. The molecular weight excluding hydrogens is 628 g/mol. The van der Waals surface area contributed by atoms with Gasteiger partial charge in [-0.05, 0) is 141 Å². The average Bonchev–Trinajstić information content (AvgIpc) is 3.48. The van der Waals surface area contributed by atoms with Crippen LogP contribution in [0.15, 0.2) is 127 Å². The molecule has 6 aromatic rings. The quantitative estimate of drug-likeness (QED) is 0.130. The van der Waals surface area contributed by atoms with E-state index in [9.17, 15) is 0 Å². The fraction of sp³-hybridized carbons (Fsp3) is 0.273. The zero-order chi connectivity index (χ0) is 35.8. The van der Waals surface area contributed by atoms with Crippen LogP contribution in [0.5, 0.6) is 0 Å². The van der Waals surface area contributed by atoms with Gasteiger partial charge in [0.1, 0.15) is 0 Å². The molecule has 7 heteroatoms. The standard InChI is InChI=1S/C44H45B2NO4/c1-41(2)42(3,4)49-45(48-41)32-19-25-35(26-20-32)47(36-27-21-33(22-28-36)46-50-43(5,6)44(7,8)51-46)34-23-17-30(18-24-34)40-29-31-13-9-10-14-37(31)38-15-11-12-16-39(38)40/h9-29H,1-8H3. The van der Waals surface area contributed by atoms with E-state index in [2.05, 4.69) is 188 Å². The van der Waals surface area contributed by atoms with Gasteiger partial charge in [0.25, 0.3) is 0 Å². The highest BCUT2D eigenvalue weighted by molar-refractivity contribution is 6.62. The first-order valence-corrected chi connectivity index (χ1v) is 18.0. The predicted molar refractivity (Wildman–Crippen MR) is 213 cm³/mol. The van der Waals surface area contributed by atoms with Gasteiger partial charge in [0, 0.05) is 17.1 Å². The number of rotatable bonds is 6. The molecule has 256 valence electrons. The lowest BCUT2D eigenvalue weighted by molar-refractivity contribution is 0.00578. The normalized spacial score (nSPS) is 18.8. The van der Waals surface area contributed by atoms with Gasteiger partial charge >= 0.3 is 14.2 Å². The molecule has 0 bridgehead atoms. The van der Waals surface area contributed by atoms with E-state index in [1.807, 2.05) is 0 Å². The molecule has 51 heavy (non-hydrogen) atoms. The van der Waals surface area contributed by atoms with Gasteiger partial charge in [0.15, 0.2) is 0 Å². The molecule has 0 aromatic heterocycles. The van der Waals surface area contributed by atoms with E-state index in [1.54, 1.807) is 0 Å². The van der Waals surface area contributed by atoms with Crippen LogP contribution in [-0.2, 0) is 18.6 Å². The van der Waals surface area contributed by atoms with Crippen molar-refractivity contribution in [3.05, 3.63) is 127 Å². The highest BCUT2D eigenvalue weighted by Gasteiger charge is 2.52. The van der Waals surface area contributed by atoms with Crippen LogP contribution < -0.4 is 15.8 Å². The van der Waals surface area contributed by atoms with Gasteiger partial charge in [-0.1, -0.05) is 84.9 Å². The first-order chi connectivity index (χ1) is 24.2. The Hall–Kier alpha value is -4.39. The highest BCUT2D eigenvalue weighted by Crippen LogP contribution is 2.41. The minimum atomic E-state index is -0.423. The molecule has 2 saturated heterocycles. The van der Waals surface area contributed by atoms with Gasteiger partial charge in [-0.25, -0.2) is 0 Å². The molecule has 2 heterocycles. The van der Waals surface area contributed by atoms with Crippen molar-refractivity contribution in [1.82, 2.24) is 0 Å². The third-order valence-corrected chi connectivity index (χ3v) is 11.6. The maximum Gasteiger partial charge on any atom is 0.494 e. The molecule has 0 N–H and O–H groups in total. The molecule has 6 aromatic carbocycles. The van der Waals surface area contributed by atoms with Crippen LogP contribution in [0.1, 0.15) is 55.4 Å². The largest absolute Gasteiger partial charge is 0.494 e. The topological polar surface area (TPSA) is 40.2 Å². The number of nitrogens with zero attached hydrogens (tertiary/aromatic N) is 1. The molecule has 2 aliphatic rings. The van der Waals surface area contributed by atoms with Crippen LogP contribution in [0.2, 0.25) is 0 Å². The minimum Gasteiger partial charge on any atom is -0.399 e. The molecule has 0 radical (unpaired) electrons. The predicted octanol–water partition coefficient (Wildman–Crippen LogP) is 9.73. The zero-order valence-corrected chi connectivity index (χ0v) is 30.9. The maximum atomic E-state index is 6.36. The molecule has 0 atom stereocenters. The summed E-state index contributed by atoms with van der Waals surface area (Å²) < 4.78 is 25.5. The molecule has 2 fully saturated rings. The van der Waals surface area contributed by atoms with Gasteiger partial charge in [-0.15, -0.1) is 0 Å². The van der Waals surface area contributed by atoms with Crippen molar-refractivity contribution in [2.75, 3.05) is 4.90 Å². The molecule has 0 aliphatic carbocycles. The summed E-state index contributed by atoms with van der Waals surface area (Å²) in [5, 5.41) is 5.02. The maximum absolute atomic E-state index is 6.36. The lowest BCUT2D eigenvalue weighted by Crippen LogP contribution is -2.41. The Morgan fingerprint density at radius 3 is 1.24 bits per heavy atom. The second kappa shape index (κ2) is 12.1. The first-order valence-electron chi connectivity index (χ1n) is 18.0. The second-order valence-electron chi connectivity index (χ2n) is 15.9. The Labute approximate surface area is 302 Å². The number of fused-ring (bicyclic) bond motifs is 3. The van der Waals surface area contributed by atoms with Gasteiger partial charge in [-0.3, -0.25) is 0 Å². The molecular formula is C44H45B2NO4. The summed E-state index contributed by atoms with van der Waals surface area (Å²) in [4.78, 5) is 2.28. The van der Waals surface area contributed by atoms with Gasteiger partial charge < -0.3 is 23.5 Å². The minimum absolute atomic E-state index is 0.403. The Kier molecular flexibility index (Phi) is 8.00. The lowest BCUT2D eigenvalue weighted by Gasteiger charge is -2.32. The van der Waals surface area contributed by atoms with Crippen LogP contribution in [-0.4, -0.2) is 36.6 Å². The Morgan fingerprint density at radius 2 is 0.784 bits per heavy atom. The summed E-state index contributed by atoms with van der Waals surface area (Å²) in [6.45, 7) is 16.7. The van der Waals surface area contributed by atoms with Crippen molar-refractivity contribution in [3.63, 3.8) is 0 Å². The summed E-state index contributed by atoms with van der Waals surface area (Å²) in [5.41, 5.74) is 5.88. The van der Waals surface area contributed by atoms with Gasteiger partial charge in [-0.2, -0.15) is 0 Å². The van der Waals surface area contributed by atoms with Gasteiger partial charge in [0.2, 0.25) is 0 Å². The summed E-state index contributed by atoms with van der Waals surface area (Å²) >= 11 is 0. The van der Waals surface area contributed by atoms with E-state index in [-0.39, 0.29) is 0 Å². The summed E-state index contributed by atoms with van der Waals surface area (Å²) in [7, 11) is -0.847. The van der Waals surface area contributed by atoms with Gasteiger partial charge in [0.05, 0.1) is 22.4 Å². The molecule has 0 saturated carbocycles. The highest BCUT2D eigenvalue weighted by atomic mass is 16.7. The molecule has 0 amide bonds. The first kappa shape index (κ1) is 33.7. The van der Waals surface area contributed by atoms with Crippen LogP contribution in [0.4, 0.5) is 17.1 Å². The van der Waals surface area contributed by atoms with Crippen LogP contribution in [0.3, 0.4) is 0 Å². The van der Waals surface area contributed by atoms with Crippen molar-refractivity contribution >= 4 is 63.8 Å². The van der Waals surface area contributed by atoms with Crippen LogP contribution in [0.25, 0.3) is 32.7 Å². The third kappa shape index (κ3) is 5.87. The van der Waals surface area contributed by atoms with Crippen LogP contribution >= 0.6 is 0 Å². The number of hydrogen-bond acceptors (Lipinski definition) is 5. The van der Waals surface area contributed by atoms with E-state index >= 15 is 0 Å². The van der Waals surface area contributed by atoms with Crippen molar-refractivity contribution < 1.29 is 18.6 Å². The summed E-state index contributed by atoms with van der Waals surface area (Å²) in [5.74, 6) is 0. The molecule has 8 rings (SSSR count). The monoisotopic (exact) mass is 673 g/mol. The number of benzene rings is 6. The molecule has 0 spiro atoms. The molecule has 0 unspecified atom stereocenters. The van der Waals surface area contributed by atoms with Crippen molar-refractivity contribution in [2.24, 2.45) is 0 Å². The van der Waals surface area contributed by atoms with E-state index in [4.69, 9.17) is 18.6 Å². The number of hydrogen-bond donors (Lipinski definition) is 0. The fourth-order valence-corrected chi connectivity index (χ4v) is 7.05. The summed E-state index contributed by atoms with van der Waals surface area (Å²) in [6, 6.07) is 45.5. The zero-order valence-electron chi connectivity index (χ0n) is 30.9. The molecule has 5 nitrogen and oxygen atoms in total. The van der Waals surface area contributed by atoms with Crippen molar-refractivity contribution in [2.45, 2.75) is 77.8 Å². The third-order valence-electron chi connectivity index (χ3n) is 11.6. The Balaban J connectivity index is 1.17. The smallest absolute Gasteiger partial charge is 0.399 e. The number of anilines is 3. The van der Waals surface area contributed by atoms with E-state index in [0.717, 1.165) is 28.0 Å². The SMILES string of the molecule is CC1(C)OB(c2ccc(N(c3ccc(B4OC(C)(C)C(C)(C)O4)cc3)c3ccc(-c4cc5ccccc5c5ccccc45)cc3)cc2)OC1(C)C. The Bertz CT molecular complexity index is 2120. The van der Waals surface area contributed by atoms with E-state index < -0.39 is 36.6 Å². The van der Waals surface area contributed by atoms with Crippen molar-refractivity contribution in [3.8, 4) is 11.1 Å². The van der Waals surface area contributed by atoms with E-state index in [0.29, 0.717) is 0 Å².